The summed E-state index contributed by atoms with van der Waals surface area (Å²) in [7, 11) is -0.608. The van der Waals surface area contributed by atoms with Crippen molar-refractivity contribution in [2.45, 2.75) is 13.3 Å². The Morgan fingerprint density at radius 2 is 2.31 bits per heavy atom. The van der Waals surface area contributed by atoms with Gasteiger partial charge in [0.25, 0.3) is 0 Å². The molecule has 0 aliphatic rings. The van der Waals surface area contributed by atoms with Crippen LogP contribution in [0.2, 0.25) is 0 Å². The first-order chi connectivity index (χ1) is 6.24. The van der Waals surface area contributed by atoms with Crippen molar-refractivity contribution in [3.63, 3.8) is 0 Å². The summed E-state index contributed by atoms with van der Waals surface area (Å²) in [6, 6.07) is 0. The van der Waals surface area contributed by atoms with Crippen molar-refractivity contribution in [1.82, 2.24) is 4.98 Å². The molecule has 0 amide bonds. The highest BCUT2D eigenvalue weighted by Gasteiger charge is 2.21. The molecule has 1 atom stereocenters. The lowest BCUT2D eigenvalue weighted by atomic mass is 10.5. The summed E-state index contributed by atoms with van der Waals surface area (Å²) in [5, 5.41) is 1.54. The van der Waals surface area contributed by atoms with Crippen LogP contribution in [0.5, 0.6) is 0 Å². The van der Waals surface area contributed by atoms with E-state index in [1.54, 1.807) is 24.0 Å². The highest BCUT2D eigenvalue weighted by molar-refractivity contribution is 7.49. The lowest BCUT2D eigenvalue weighted by Crippen LogP contribution is -2.08. The molecular weight excluding hydrogens is 190 g/mol. The molecule has 0 saturated carbocycles. The highest BCUT2D eigenvalue weighted by Crippen LogP contribution is 2.17. The van der Waals surface area contributed by atoms with Crippen molar-refractivity contribution >= 4 is 21.6 Å². The van der Waals surface area contributed by atoms with Crippen molar-refractivity contribution in [2.24, 2.45) is 0 Å². The van der Waals surface area contributed by atoms with Crippen LogP contribution < -0.4 is 0 Å². The van der Waals surface area contributed by atoms with Gasteiger partial charge in [-0.2, -0.15) is 0 Å². The van der Waals surface area contributed by atoms with Crippen molar-refractivity contribution in [2.75, 3.05) is 6.61 Å². The maximum absolute atomic E-state index is 11.3. The molecule has 13 heavy (non-hydrogen) atoms. The van der Waals surface area contributed by atoms with Gasteiger partial charge in [-0.15, -0.1) is 0 Å². The summed E-state index contributed by atoms with van der Waals surface area (Å²) in [5.41, 5.74) is 1.54. The molecule has 0 N–H and O–H groups in total. The Kier molecular flexibility index (Phi) is 3.57. The number of ether oxygens (including phenoxy) is 1. The van der Waals surface area contributed by atoms with Gasteiger partial charge in [0.2, 0.25) is 5.51 Å². The first-order valence-corrected chi connectivity index (χ1v) is 5.19. The fourth-order valence-corrected chi connectivity index (χ4v) is 1.81. The molecule has 4 nitrogen and oxygen atoms in total. The normalized spacial score (nSPS) is 11.0. The van der Waals surface area contributed by atoms with Crippen LogP contribution in [0.15, 0.2) is 17.1 Å². The van der Waals surface area contributed by atoms with E-state index in [4.69, 9.17) is 0 Å². The zero-order chi connectivity index (χ0) is 9.68. The van der Waals surface area contributed by atoms with Crippen molar-refractivity contribution in [3.8, 4) is 0 Å². The fraction of sp³-hybridized carbons (Fsp3) is 0.375. The van der Waals surface area contributed by atoms with Crippen LogP contribution in [-0.4, -0.2) is 22.7 Å². The second-order valence-electron chi connectivity index (χ2n) is 2.27. The lowest BCUT2D eigenvalue weighted by Gasteiger charge is -1.95. The van der Waals surface area contributed by atoms with Crippen molar-refractivity contribution in [1.29, 1.82) is 0 Å². The van der Waals surface area contributed by atoms with Crippen LogP contribution in [0.25, 0.3) is 0 Å². The summed E-state index contributed by atoms with van der Waals surface area (Å²) < 4.78 is 4.65. The number of rotatable bonds is 4. The second-order valence-corrected chi connectivity index (χ2v) is 3.95. The van der Waals surface area contributed by atoms with Crippen LogP contribution in [0.1, 0.15) is 18.1 Å². The summed E-state index contributed by atoms with van der Waals surface area (Å²) in [4.78, 5) is 26.0. The SMILES string of the molecule is CCOC(=O)CC(=O)[s+]1ccnc1. The number of aromatic nitrogens is 1. The topological polar surface area (TPSA) is 56.3 Å². The van der Waals surface area contributed by atoms with E-state index in [1.165, 1.54) is 0 Å². The number of nitrogens with zero attached hydrogens (tertiary/aromatic N) is 1. The number of carbonyl (C=O) groups is 2. The molecule has 0 aromatic carbocycles. The number of esters is 1. The second kappa shape index (κ2) is 4.71. The zero-order valence-electron chi connectivity index (χ0n) is 7.23. The summed E-state index contributed by atoms with van der Waals surface area (Å²) in [6.45, 7) is 2.02. The molecule has 0 bridgehead atoms. The van der Waals surface area contributed by atoms with Crippen LogP contribution in [0.3, 0.4) is 0 Å². The van der Waals surface area contributed by atoms with E-state index in [2.05, 4.69) is 9.72 Å². The predicted octanol–water partition coefficient (Wildman–Crippen LogP) is 1.42. The maximum atomic E-state index is 11.3. The Labute approximate surface area is 78.5 Å². The average Bonchev–Trinajstić information content (AvgIpc) is 2.55. The molecule has 70 valence electrons. The highest BCUT2D eigenvalue weighted by atomic mass is 32.2. The molecule has 1 unspecified atom stereocenters. The molecular formula is C8H10NO3S+. The molecule has 0 aliphatic heterocycles. The smallest absolute Gasteiger partial charge is 0.367 e. The molecule has 1 aromatic rings. The van der Waals surface area contributed by atoms with E-state index in [0.717, 1.165) is 0 Å². The monoisotopic (exact) mass is 200 g/mol. The predicted molar refractivity (Wildman–Crippen MR) is 48.6 cm³/mol. The number of thiazole rings is 1. The maximum Gasteiger partial charge on any atom is 0.367 e. The summed E-state index contributed by atoms with van der Waals surface area (Å²) in [5.74, 6) is -0.464. The summed E-state index contributed by atoms with van der Waals surface area (Å²) >= 11 is 0. The van der Waals surface area contributed by atoms with Crippen LogP contribution in [-0.2, 0) is 9.53 Å². The molecule has 0 fully saturated rings. The Morgan fingerprint density at radius 3 is 2.85 bits per heavy atom. The first-order valence-electron chi connectivity index (χ1n) is 3.84. The van der Waals surface area contributed by atoms with Gasteiger partial charge in [0.1, 0.15) is 0 Å². The number of carbonyl (C=O) groups excluding carboxylic acids is 2. The van der Waals surface area contributed by atoms with E-state index in [9.17, 15) is 9.59 Å². The molecule has 1 rings (SSSR count). The summed E-state index contributed by atoms with van der Waals surface area (Å²) in [6.07, 6.45) is 1.40. The lowest BCUT2D eigenvalue weighted by molar-refractivity contribution is -0.141. The molecule has 0 radical (unpaired) electrons. The van der Waals surface area contributed by atoms with Gasteiger partial charge < -0.3 is 4.74 Å². The first kappa shape index (κ1) is 9.85. The Hall–Kier alpha value is -1.23. The van der Waals surface area contributed by atoms with Gasteiger partial charge in [-0.05, 0) is 6.92 Å². The van der Waals surface area contributed by atoms with Gasteiger partial charge in [-0.25, -0.2) is 9.78 Å². The van der Waals surface area contributed by atoms with Gasteiger partial charge in [-0.3, -0.25) is 4.79 Å². The third-order valence-corrected chi connectivity index (χ3v) is 2.76. The van der Waals surface area contributed by atoms with Gasteiger partial charge >= 0.3 is 11.1 Å². The molecule has 1 aromatic heterocycles. The quantitative estimate of drug-likeness (QED) is 0.419. The van der Waals surface area contributed by atoms with Crippen LogP contribution in [0.4, 0.5) is 0 Å². The minimum absolute atomic E-state index is 0.143. The van der Waals surface area contributed by atoms with Gasteiger partial charge in [0.15, 0.2) is 11.8 Å². The van der Waals surface area contributed by atoms with Gasteiger partial charge in [-0.1, -0.05) is 0 Å². The molecule has 1 heterocycles. The van der Waals surface area contributed by atoms with Crippen molar-refractivity contribution in [3.05, 3.63) is 17.1 Å². The van der Waals surface area contributed by atoms with E-state index in [1.807, 2.05) is 0 Å². The molecule has 0 saturated heterocycles. The van der Waals surface area contributed by atoms with Crippen LogP contribution in [0, 0.1) is 0 Å². The van der Waals surface area contributed by atoms with Crippen LogP contribution >= 0.6 is 10.5 Å². The number of hydrogen-bond donors (Lipinski definition) is 0. The zero-order valence-corrected chi connectivity index (χ0v) is 8.04. The van der Waals surface area contributed by atoms with Crippen molar-refractivity contribution < 1.29 is 14.3 Å². The Morgan fingerprint density at radius 1 is 1.54 bits per heavy atom. The largest absolute Gasteiger partial charge is 0.465 e. The minimum Gasteiger partial charge on any atom is -0.465 e. The Bertz CT molecular complexity index is 294. The standard InChI is InChI=1S/C8H10NO3S/c1-2-12-7(10)5-8(11)13-4-3-9-6-13/h3-4,6H,2,5H2,1H3/q+1. The Balaban J connectivity index is 2.47. The third-order valence-electron chi connectivity index (χ3n) is 1.32. The van der Waals surface area contributed by atoms with Gasteiger partial charge in [0, 0.05) is 0 Å². The fourth-order valence-electron chi connectivity index (χ4n) is 0.784. The third kappa shape index (κ3) is 2.95. The average molecular weight is 200 g/mol. The van der Waals surface area contributed by atoms with Gasteiger partial charge in [0.05, 0.1) is 23.3 Å². The van der Waals surface area contributed by atoms with E-state index >= 15 is 0 Å². The van der Waals surface area contributed by atoms with E-state index in [-0.39, 0.29) is 11.5 Å². The van der Waals surface area contributed by atoms with E-state index < -0.39 is 16.4 Å². The van der Waals surface area contributed by atoms with E-state index in [0.29, 0.717) is 6.61 Å². The molecule has 0 spiro atoms. The molecule has 5 heteroatoms. The number of hydrogen-bond acceptors (Lipinski definition) is 4. The molecule has 0 aliphatic carbocycles. The minimum atomic E-state index is -0.608.